The first-order chi connectivity index (χ1) is 9.24. The Balaban J connectivity index is 2.26. The van der Waals surface area contributed by atoms with Crippen LogP contribution in [0.15, 0.2) is 12.1 Å². The van der Waals surface area contributed by atoms with Gasteiger partial charge in [0.1, 0.15) is 23.4 Å². The Bertz CT molecular complexity index is 531. The average Bonchev–Trinajstić information content (AvgIpc) is 2.40. The molecule has 0 saturated carbocycles. The highest BCUT2D eigenvalue weighted by Gasteiger charge is 2.28. The number of benzene rings is 1. The topological polar surface area (TPSA) is 27.7 Å². The quantitative estimate of drug-likeness (QED) is 0.813. The third-order valence-electron chi connectivity index (χ3n) is 4.01. The summed E-state index contributed by atoms with van der Waals surface area (Å²) in [4.78, 5) is 0. The van der Waals surface area contributed by atoms with Crippen LogP contribution in [0.25, 0.3) is 5.57 Å². The molecule has 0 aromatic heterocycles. The molecule has 0 N–H and O–H groups in total. The maximum Gasteiger partial charge on any atom is 0.138 e. The van der Waals surface area contributed by atoms with Gasteiger partial charge in [-0.3, -0.25) is 0 Å². The SMILES string of the molecule is COc1cc(OC)c2c3c1CCCC[C@H](C=C2C)O3. The fourth-order valence-corrected chi connectivity index (χ4v) is 3.07. The Kier molecular flexibility index (Phi) is 3.13. The van der Waals surface area contributed by atoms with Crippen LogP contribution in [-0.2, 0) is 6.42 Å². The van der Waals surface area contributed by atoms with E-state index in [1.807, 2.05) is 6.07 Å². The van der Waals surface area contributed by atoms with E-state index in [-0.39, 0.29) is 6.10 Å². The molecule has 2 heterocycles. The zero-order valence-corrected chi connectivity index (χ0v) is 11.8. The zero-order valence-electron chi connectivity index (χ0n) is 11.8. The lowest BCUT2D eigenvalue weighted by Crippen LogP contribution is -2.22. The average molecular weight is 260 g/mol. The third-order valence-corrected chi connectivity index (χ3v) is 4.01. The lowest BCUT2D eigenvalue weighted by molar-refractivity contribution is 0.217. The van der Waals surface area contributed by atoms with E-state index < -0.39 is 0 Å². The molecule has 0 aliphatic carbocycles. The van der Waals surface area contributed by atoms with Crippen molar-refractivity contribution in [2.45, 2.75) is 38.7 Å². The van der Waals surface area contributed by atoms with Crippen molar-refractivity contribution in [3.05, 3.63) is 23.3 Å². The maximum absolute atomic E-state index is 6.17. The number of hydrogen-bond acceptors (Lipinski definition) is 3. The first kappa shape index (κ1) is 12.4. The molecule has 2 bridgehead atoms. The van der Waals surface area contributed by atoms with Crippen LogP contribution in [0.5, 0.6) is 17.2 Å². The van der Waals surface area contributed by atoms with E-state index in [2.05, 4.69) is 13.0 Å². The molecule has 0 unspecified atom stereocenters. The van der Waals surface area contributed by atoms with E-state index in [0.717, 1.165) is 35.7 Å². The largest absolute Gasteiger partial charge is 0.496 e. The number of hydrogen-bond donors (Lipinski definition) is 0. The lowest BCUT2D eigenvalue weighted by atomic mass is 9.91. The predicted octanol–water partition coefficient (Wildman–Crippen LogP) is 3.59. The number of fused-ring (bicyclic) bond motifs is 1. The van der Waals surface area contributed by atoms with Crippen molar-refractivity contribution in [2.75, 3.05) is 14.2 Å². The van der Waals surface area contributed by atoms with Gasteiger partial charge in [0.15, 0.2) is 0 Å². The summed E-state index contributed by atoms with van der Waals surface area (Å²) in [5, 5.41) is 0. The first-order valence-corrected chi connectivity index (χ1v) is 6.88. The summed E-state index contributed by atoms with van der Waals surface area (Å²) >= 11 is 0. The molecule has 2 aliphatic heterocycles. The van der Waals surface area contributed by atoms with E-state index in [0.29, 0.717) is 0 Å². The molecule has 0 spiro atoms. The Labute approximate surface area is 114 Å². The zero-order chi connectivity index (χ0) is 13.4. The van der Waals surface area contributed by atoms with E-state index in [1.165, 1.54) is 24.0 Å². The third kappa shape index (κ3) is 1.97. The summed E-state index contributed by atoms with van der Waals surface area (Å²) in [6.45, 7) is 2.13. The number of ether oxygens (including phenoxy) is 3. The van der Waals surface area contributed by atoms with Gasteiger partial charge in [0.2, 0.25) is 0 Å². The molecule has 1 atom stereocenters. The molecule has 0 radical (unpaired) electrons. The Morgan fingerprint density at radius 3 is 2.68 bits per heavy atom. The van der Waals surface area contributed by atoms with Crippen molar-refractivity contribution in [2.24, 2.45) is 0 Å². The van der Waals surface area contributed by atoms with E-state index in [4.69, 9.17) is 14.2 Å². The molecule has 19 heavy (non-hydrogen) atoms. The minimum Gasteiger partial charge on any atom is -0.496 e. The molecule has 1 aromatic rings. The number of methoxy groups -OCH3 is 2. The van der Waals surface area contributed by atoms with Gasteiger partial charge in [-0.2, -0.15) is 0 Å². The smallest absolute Gasteiger partial charge is 0.138 e. The van der Waals surface area contributed by atoms with Crippen LogP contribution in [0.4, 0.5) is 0 Å². The van der Waals surface area contributed by atoms with Gasteiger partial charge in [-0.25, -0.2) is 0 Å². The van der Waals surface area contributed by atoms with E-state index in [9.17, 15) is 0 Å². The summed E-state index contributed by atoms with van der Waals surface area (Å²) in [6.07, 6.45) is 6.89. The second-order valence-corrected chi connectivity index (χ2v) is 5.22. The van der Waals surface area contributed by atoms with Crippen molar-refractivity contribution < 1.29 is 14.2 Å². The molecule has 3 nitrogen and oxygen atoms in total. The normalized spacial score (nSPS) is 20.8. The van der Waals surface area contributed by atoms with E-state index >= 15 is 0 Å². The maximum atomic E-state index is 6.17. The molecule has 1 aromatic carbocycles. The summed E-state index contributed by atoms with van der Waals surface area (Å²) in [5.74, 6) is 2.69. The van der Waals surface area contributed by atoms with Gasteiger partial charge in [-0.15, -0.1) is 0 Å². The van der Waals surface area contributed by atoms with Crippen molar-refractivity contribution in [1.82, 2.24) is 0 Å². The van der Waals surface area contributed by atoms with Crippen LogP contribution in [0, 0.1) is 0 Å². The van der Waals surface area contributed by atoms with Gasteiger partial charge < -0.3 is 14.2 Å². The Morgan fingerprint density at radius 2 is 1.95 bits per heavy atom. The summed E-state index contributed by atoms with van der Waals surface area (Å²) < 4.78 is 17.2. The molecule has 0 amide bonds. The Hall–Kier alpha value is -1.64. The van der Waals surface area contributed by atoms with Crippen molar-refractivity contribution in [3.63, 3.8) is 0 Å². The molecule has 3 rings (SSSR count). The molecular weight excluding hydrogens is 240 g/mol. The first-order valence-electron chi connectivity index (χ1n) is 6.88. The minimum absolute atomic E-state index is 0.198. The van der Waals surface area contributed by atoms with Gasteiger partial charge in [-0.05, 0) is 44.3 Å². The summed E-state index contributed by atoms with van der Waals surface area (Å²) in [5.41, 5.74) is 3.53. The molecule has 0 saturated heterocycles. The van der Waals surface area contributed by atoms with Gasteiger partial charge in [-0.1, -0.05) is 0 Å². The van der Waals surface area contributed by atoms with Gasteiger partial charge in [0.05, 0.1) is 19.8 Å². The second kappa shape index (κ2) is 4.80. The van der Waals surface area contributed by atoms with Crippen LogP contribution in [0.3, 0.4) is 0 Å². The minimum atomic E-state index is 0.198. The fourth-order valence-electron chi connectivity index (χ4n) is 3.07. The molecule has 2 aliphatic rings. The van der Waals surface area contributed by atoms with Crippen molar-refractivity contribution >= 4 is 5.57 Å². The number of allylic oxidation sites excluding steroid dienone is 1. The fraction of sp³-hybridized carbons (Fsp3) is 0.500. The van der Waals surface area contributed by atoms with Gasteiger partial charge in [0.25, 0.3) is 0 Å². The standard InChI is InChI=1S/C16H20O3/c1-10-8-11-6-4-5-7-12-13(17-2)9-14(18-3)15(10)16(12)19-11/h8-9,11H,4-7H2,1-3H3/t11-/m1/s1. The summed E-state index contributed by atoms with van der Waals surface area (Å²) in [6, 6.07) is 1.98. The predicted molar refractivity (Wildman–Crippen MR) is 75.2 cm³/mol. The van der Waals surface area contributed by atoms with Crippen LogP contribution in [0.2, 0.25) is 0 Å². The van der Waals surface area contributed by atoms with Crippen LogP contribution in [0.1, 0.15) is 37.3 Å². The molecule has 0 fully saturated rings. The summed E-state index contributed by atoms with van der Waals surface area (Å²) in [7, 11) is 3.40. The van der Waals surface area contributed by atoms with Gasteiger partial charge >= 0.3 is 0 Å². The highest BCUT2D eigenvalue weighted by Crippen LogP contribution is 2.47. The highest BCUT2D eigenvalue weighted by molar-refractivity contribution is 5.79. The van der Waals surface area contributed by atoms with Gasteiger partial charge in [0, 0.05) is 11.6 Å². The van der Waals surface area contributed by atoms with Crippen LogP contribution in [-0.4, -0.2) is 20.3 Å². The number of rotatable bonds is 2. The highest BCUT2D eigenvalue weighted by atomic mass is 16.5. The van der Waals surface area contributed by atoms with Crippen molar-refractivity contribution in [3.8, 4) is 17.2 Å². The second-order valence-electron chi connectivity index (χ2n) is 5.22. The molecular formula is C16H20O3. The van der Waals surface area contributed by atoms with E-state index in [1.54, 1.807) is 14.2 Å². The lowest BCUT2D eigenvalue weighted by Gasteiger charge is -2.30. The molecule has 3 heteroatoms. The monoisotopic (exact) mass is 260 g/mol. The van der Waals surface area contributed by atoms with Crippen LogP contribution >= 0.6 is 0 Å². The van der Waals surface area contributed by atoms with Crippen molar-refractivity contribution in [1.29, 1.82) is 0 Å². The molecule has 102 valence electrons. The Morgan fingerprint density at radius 1 is 1.16 bits per heavy atom. The van der Waals surface area contributed by atoms with Crippen LogP contribution < -0.4 is 14.2 Å².